The van der Waals surface area contributed by atoms with Gasteiger partial charge in [-0.25, -0.2) is 4.79 Å². The van der Waals surface area contributed by atoms with E-state index in [9.17, 15) is 0 Å². The van der Waals surface area contributed by atoms with E-state index in [1.807, 2.05) is 6.79 Å². The van der Waals surface area contributed by atoms with Crippen LogP contribution in [-0.2, 0) is 37.5 Å². The topological polar surface area (TPSA) is 143 Å². The minimum atomic E-state index is -0.833. The molecule has 0 aromatic heterocycles. The van der Waals surface area contributed by atoms with Gasteiger partial charge in [0.1, 0.15) is 6.79 Å². The summed E-state index contributed by atoms with van der Waals surface area (Å²) in [5.74, 6) is 0. The van der Waals surface area contributed by atoms with Crippen molar-refractivity contribution in [2.24, 2.45) is 11.5 Å². The summed E-state index contributed by atoms with van der Waals surface area (Å²) < 4.78 is 0. The maximum atomic E-state index is 9.00. The molecule has 0 saturated heterocycles. The second kappa shape index (κ2) is 49.4. The number of hydrogen-bond donors (Lipinski definition) is 2. The maximum absolute atomic E-state index is 9.00. The van der Waals surface area contributed by atoms with Gasteiger partial charge < -0.3 is 27.2 Å². The van der Waals surface area contributed by atoms with Crippen molar-refractivity contribution in [2.45, 2.75) is 0 Å². The molecule has 0 aliphatic rings. The third-order valence-corrected chi connectivity index (χ3v) is 0. The molecule has 0 fully saturated rings. The SMILES string of the molecule is C=O.NC(N)=O.[O-2].[O-2].[Ti+4]. The number of carbonyl (C=O) groups excluding carboxylic acids is 2. The zero-order valence-corrected chi connectivity index (χ0v) is 6.06. The quantitative estimate of drug-likeness (QED) is 0.430. The van der Waals surface area contributed by atoms with Crippen LogP contribution in [0.2, 0.25) is 0 Å². The molecule has 0 aromatic rings. The molecule has 2 amide bonds. The molecule has 7 heteroatoms. The Balaban J connectivity index is -0.00000000990. The minimum Gasteiger partial charge on any atom is -2.00 e. The van der Waals surface area contributed by atoms with Crippen LogP contribution in [0.15, 0.2) is 0 Å². The number of nitrogens with two attached hydrogens (primary N) is 2. The Labute approximate surface area is 67.1 Å². The molecule has 0 aliphatic heterocycles. The molecule has 0 saturated carbocycles. The molecule has 0 radical (unpaired) electrons. The van der Waals surface area contributed by atoms with Gasteiger partial charge in [0.2, 0.25) is 0 Å². The number of primary amides is 2. The predicted molar refractivity (Wildman–Crippen MR) is 22.3 cm³/mol. The van der Waals surface area contributed by atoms with Crippen molar-refractivity contribution < 1.29 is 42.3 Å². The van der Waals surface area contributed by atoms with Gasteiger partial charge in [0.05, 0.1) is 0 Å². The Kier molecular flexibility index (Phi) is 211. The number of rotatable bonds is 0. The molecule has 4 N–H and O–H groups in total. The Hall–Kier alpha value is -0.426. The third-order valence-electron chi connectivity index (χ3n) is 0. The standard InChI is InChI=1S/CH4N2O.CH2O.2O.Ti/c2-1(3)4;1-2;;;/h(H4,2,3,4);1H2;;;/q;;2*-2;+4. The minimum absolute atomic E-state index is 0. The smallest absolute Gasteiger partial charge is 2.00 e. The summed E-state index contributed by atoms with van der Waals surface area (Å²) in [4.78, 5) is 17.0. The summed E-state index contributed by atoms with van der Waals surface area (Å²) in [7, 11) is 0. The van der Waals surface area contributed by atoms with Crippen molar-refractivity contribution in [3.05, 3.63) is 0 Å². The molecule has 0 atom stereocenters. The van der Waals surface area contributed by atoms with Gasteiger partial charge in [-0.3, -0.25) is 0 Å². The van der Waals surface area contributed by atoms with E-state index in [-0.39, 0.29) is 32.7 Å². The van der Waals surface area contributed by atoms with E-state index in [0.29, 0.717) is 0 Å². The van der Waals surface area contributed by atoms with Gasteiger partial charge in [0.15, 0.2) is 0 Å². The molecule has 6 nitrogen and oxygen atoms in total. The van der Waals surface area contributed by atoms with Gasteiger partial charge in [-0.05, 0) is 0 Å². The first-order valence-corrected chi connectivity index (χ1v) is 1.07. The molecule has 0 aliphatic carbocycles. The number of hydrogen-bond acceptors (Lipinski definition) is 2. The van der Waals surface area contributed by atoms with Crippen molar-refractivity contribution in [3.63, 3.8) is 0 Å². The summed E-state index contributed by atoms with van der Waals surface area (Å²) in [6, 6.07) is -0.833. The van der Waals surface area contributed by atoms with Crippen LogP contribution < -0.4 is 11.5 Å². The number of amides is 2. The normalized spacial score (nSPS) is 3.11. The van der Waals surface area contributed by atoms with Crippen molar-refractivity contribution in [1.29, 1.82) is 0 Å². The Morgan fingerprint density at radius 2 is 1.11 bits per heavy atom. The fraction of sp³-hybridized carbons (Fsp3) is 0. The van der Waals surface area contributed by atoms with E-state index in [0.717, 1.165) is 0 Å². The number of urea groups is 1. The molecule has 9 heavy (non-hydrogen) atoms. The Morgan fingerprint density at radius 1 is 1.11 bits per heavy atom. The molecule has 0 aromatic carbocycles. The molecular formula is C2H6N2O4Ti. The van der Waals surface area contributed by atoms with Gasteiger partial charge in [0, 0.05) is 0 Å². The van der Waals surface area contributed by atoms with E-state index in [1.165, 1.54) is 0 Å². The molecular weight excluding hydrogens is 164 g/mol. The van der Waals surface area contributed by atoms with Crippen LogP contribution in [0.25, 0.3) is 0 Å². The zero-order chi connectivity index (χ0) is 5.58. The van der Waals surface area contributed by atoms with E-state index < -0.39 is 6.03 Å². The first kappa shape index (κ1) is 38.5. The largest absolute Gasteiger partial charge is 4.00 e. The monoisotopic (exact) mass is 170 g/mol. The second-order valence-corrected chi connectivity index (χ2v) is 0.402. The fourth-order valence-electron chi connectivity index (χ4n) is 0. The summed E-state index contributed by atoms with van der Waals surface area (Å²) in [6.07, 6.45) is 0. The average Bonchev–Trinajstić information content (AvgIpc) is 1.41. The first-order valence-electron chi connectivity index (χ1n) is 1.07. The van der Waals surface area contributed by atoms with Gasteiger partial charge >= 0.3 is 27.7 Å². The molecule has 0 bridgehead atoms. The predicted octanol–water partition coefficient (Wildman–Crippen LogP) is -1.40. The second-order valence-electron chi connectivity index (χ2n) is 0.402. The summed E-state index contributed by atoms with van der Waals surface area (Å²) in [6.45, 7) is 2.00. The van der Waals surface area contributed by atoms with E-state index in [2.05, 4.69) is 11.5 Å². The first-order chi connectivity index (χ1) is 2.73. The van der Waals surface area contributed by atoms with E-state index in [1.54, 1.807) is 0 Å². The average molecular weight is 170 g/mol. The maximum Gasteiger partial charge on any atom is 4.00 e. The summed E-state index contributed by atoms with van der Waals surface area (Å²) >= 11 is 0. The summed E-state index contributed by atoms with van der Waals surface area (Å²) in [5, 5.41) is 0. The zero-order valence-electron chi connectivity index (χ0n) is 4.49. The number of carbonyl (C=O) groups is 2. The Bertz CT molecular complexity index is 47.8. The third kappa shape index (κ3) is 1300. The van der Waals surface area contributed by atoms with Crippen molar-refractivity contribution in [1.82, 2.24) is 0 Å². The Morgan fingerprint density at radius 3 is 1.11 bits per heavy atom. The van der Waals surface area contributed by atoms with Crippen LogP contribution in [0.4, 0.5) is 4.79 Å². The van der Waals surface area contributed by atoms with Crippen LogP contribution in [0, 0.1) is 0 Å². The van der Waals surface area contributed by atoms with E-state index >= 15 is 0 Å². The van der Waals surface area contributed by atoms with Gasteiger partial charge in [-0.1, -0.05) is 0 Å². The van der Waals surface area contributed by atoms with Crippen LogP contribution >= 0.6 is 0 Å². The molecule has 0 spiro atoms. The molecule has 52 valence electrons. The molecule has 0 rings (SSSR count). The van der Waals surface area contributed by atoms with Gasteiger partial charge in [-0.15, -0.1) is 0 Å². The van der Waals surface area contributed by atoms with Crippen molar-refractivity contribution >= 4 is 12.8 Å². The van der Waals surface area contributed by atoms with Crippen molar-refractivity contribution in [3.8, 4) is 0 Å². The van der Waals surface area contributed by atoms with Gasteiger partial charge in [-0.2, -0.15) is 0 Å². The van der Waals surface area contributed by atoms with Crippen molar-refractivity contribution in [2.75, 3.05) is 0 Å². The van der Waals surface area contributed by atoms with Crippen LogP contribution in [0.5, 0.6) is 0 Å². The van der Waals surface area contributed by atoms with Crippen LogP contribution in [0.3, 0.4) is 0 Å². The van der Waals surface area contributed by atoms with Crippen LogP contribution in [-0.4, -0.2) is 12.8 Å². The van der Waals surface area contributed by atoms with Crippen LogP contribution in [0.1, 0.15) is 0 Å². The molecule has 0 heterocycles. The summed E-state index contributed by atoms with van der Waals surface area (Å²) in [5.41, 5.74) is 8.50. The van der Waals surface area contributed by atoms with E-state index in [4.69, 9.17) is 9.59 Å². The molecule has 0 unspecified atom stereocenters. The van der Waals surface area contributed by atoms with Gasteiger partial charge in [0.25, 0.3) is 0 Å². The fourth-order valence-corrected chi connectivity index (χ4v) is 0.